The van der Waals surface area contributed by atoms with Crippen molar-refractivity contribution in [2.75, 3.05) is 52.4 Å². The van der Waals surface area contributed by atoms with E-state index in [1.165, 1.54) is 26.8 Å². The molecule has 4 unspecified atom stereocenters. The van der Waals surface area contributed by atoms with Crippen LogP contribution in [-0.4, -0.2) is 169 Å². The lowest BCUT2D eigenvalue weighted by Crippen LogP contribution is -2.66. The summed E-state index contributed by atoms with van der Waals surface area (Å²) in [6.45, 7) is 15.0. The number of aryl methyl sites for hydroxylation is 1. The molecule has 0 spiro atoms. The molecule has 3 fully saturated rings. The first kappa shape index (κ1) is 72.8. The molecule has 510 valence electrons. The Bertz CT molecular complexity index is 3570. The second-order valence-corrected chi connectivity index (χ2v) is 30.4. The van der Waals surface area contributed by atoms with Crippen LogP contribution in [0.15, 0.2) is 84.4 Å². The van der Waals surface area contributed by atoms with Crippen molar-refractivity contribution in [1.82, 2.24) is 45.9 Å². The number of likely N-dealkylation sites (tertiary alicyclic amines) is 1. The van der Waals surface area contributed by atoms with Crippen LogP contribution in [-0.2, 0) is 48.5 Å². The van der Waals surface area contributed by atoms with E-state index in [-0.39, 0.29) is 86.8 Å². The van der Waals surface area contributed by atoms with Crippen molar-refractivity contribution in [3.63, 3.8) is 0 Å². The van der Waals surface area contributed by atoms with Crippen LogP contribution in [0.4, 0.5) is 8.78 Å². The fourth-order valence-corrected chi connectivity index (χ4v) is 14.3. The number of thiophene rings is 1. The topological polar surface area (TPSA) is 298 Å². The molecule has 3 saturated heterocycles. The molecule has 0 bridgehead atoms. The number of benzene rings is 3. The Morgan fingerprint density at radius 3 is 2.03 bits per heavy atom. The Hall–Kier alpha value is -7.06. The molecule has 3 aromatic carbocycles. The van der Waals surface area contributed by atoms with E-state index in [1.807, 2.05) is 89.2 Å². The maximum atomic E-state index is 14.9. The van der Waals surface area contributed by atoms with Crippen LogP contribution in [0.25, 0.3) is 20.5 Å². The molecule has 27 heteroatoms. The number of nitrogens with one attached hydrogen (secondary N) is 4. The molecule has 3 aliphatic heterocycles. The van der Waals surface area contributed by atoms with Gasteiger partial charge in [0.2, 0.25) is 41.4 Å². The van der Waals surface area contributed by atoms with Gasteiger partial charge in [0.15, 0.2) is 0 Å². The highest BCUT2D eigenvalue weighted by atomic mass is 32.1. The molecular weight excluding hydrogens is 1270 g/mol. The van der Waals surface area contributed by atoms with Crippen molar-refractivity contribution in [2.45, 2.75) is 168 Å². The summed E-state index contributed by atoms with van der Waals surface area (Å²) in [6, 6.07) is 16.8. The largest absolute Gasteiger partial charge is 0.399 e. The van der Waals surface area contributed by atoms with Crippen LogP contribution in [0.2, 0.25) is 0 Å². The van der Waals surface area contributed by atoms with Crippen molar-refractivity contribution >= 4 is 87.6 Å². The summed E-state index contributed by atoms with van der Waals surface area (Å²) >= 11 is 2.48. The molecule has 2 aromatic heterocycles. The fraction of sp³-hybridized carbons (Fsp3) is 0.537. The zero-order valence-electron chi connectivity index (χ0n) is 54.5. The number of aromatic nitrogens is 1. The number of hydrogen-bond donors (Lipinski definition) is 7. The van der Waals surface area contributed by atoms with Crippen LogP contribution < -0.4 is 21.3 Å². The molecule has 7 atom stereocenters. The molecule has 7 N–H and O–H groups in total. The minimum atomic E-state index is -5.88. The van der Waals surface area contributed by atoms with Crippen LogP contribution in [0.3, 0.4) is 0 Å². The summed E-state index contributed by atoms with van der Waals surface area (Å²) in [5.74, 6) is -3.95. The monoisotopic (exact) mass is 1360 g/mol. The molecule has 0 radical (unpaired) electrons. The Balaban J connectivity index is 0.782. The first-order chi connectivity index (χ1) is 44.3. The van der Waals surface area contributed by atoms with Gasteiger partial charge in [-0.05, 0) is 77.8 Å². The number of halogens is 2. The van der Waals surface area contributed by atoms with Gasteiger partial charge in [-0.2, -0.15) is 8.78 Å². The van der Waals surface area contributed by atoms with Gasteiger partial charge in [0.05, 0.1) is 52.8 Å². The van der Waals surface area contributed by atoms with Crippen LogP contribution in [0.5, 0.6) is 0 Å². The number of carbonyl (C=O) groups is 8. The molecule has 5 heterocycles. The summed E-state index contributed by atoms with van der Waals surface area (Å²) < 4.78 is 47.3. The van der Waals surface area contributed by atoms with Gasteiger partial charge in [0.1, 0.15) is 36.7 Å². The Morgan fingerprint density at radius 2 is 1.38 bits per heavy atom. The first-order valence-electron chi connectivity index (χ1n) is 32.0. The number of hydrogen-bond acceptors (Lipinski definition) is 14. The molecular formula is C67H88F2N9O13PS2. The Morgan fingerprint density at radius 1 is 0.734 bits per heavy atom. The summed E-state index contributed by atoms with van der Waals surface area (Å²) in [7, 11) is -5.88. The number of amides is 8. The lowest BCUT2D eigenvalue weighted by Gasteiger charge is -2.45. The number of piperazine rings is 1. The van der Waals surface area contributed by atoms with Gasteiger partial charge >= 0.3 is 13.3 Å². The van der Waals surface area contributed by atoms with Gasteiger partial charge in [-0.15, -0.1) is 22.7 Å². The predicted octanol–water partition coefficient (Wildman–Crippen LogP) is 8.34. The highest BCUT2D eigenvalue weighted by Crippen LogP contribution is 2.59. The number of alkyl halides is 2. The van der Waals surface area contributed by atoms with Crippen LogP contribution >= 0.6 is 30.3 Å². The van der Waals surface area contributed by atoms with Gasteiger partial charge in [0.25, 0.3) is 5.91 Å². The summed E-state index contributed by atoms with van der Waals surface area (Å²) in [6.07, 6.45) is 3.81. The number of ether oxygens (including phenoxy) is 1. The molecule has 0 aliphatic carbocycles. The van der Waals surface area contributed by atoms with E-state index in [2.05, 4.69) is 26.3 Å². The van der Waals surface area contributed by atoms with Crippen molar-refractivity contribution in [3.05, 3.63) is 112 Å². The number of morpholine rings is 1. The third-order valence-corrected chi connectivity index (χ3v) is 20.5. The van der Waals surface area contributed by atoms with Crippen LogP contribution in [0.1, 0.15) is 157 Å². The second kappa shape index (κ2) is 31.2. The number of thiazole rings is 1. The summed E-state index contributed by atoms with van der Waals surface area (Å²) in [5.41, 5.74) is -1.58. The highest BCUT2D eigenvalue weighted by Gasteiger charge is 2.51. The molecule has 8 amide bonds. The molecule has 8 rings (SSSR count). The van der Waals surface area contributed by atoms with E-state index in [4.69, 9.17) is 4.74 Å². The third-order valence-electron chi connectivity index (χ3n) is 17.5. The maximum absolute atomic E-state index is 14.9. The lowest BCUT2D eigenvalue weighted by molar-refractivity contribution is -0.158. The number of β-amino-alcohol motifs (C(OH)–C–C–N with tert-alkyl or cyclic N) is 1. The molecule has 22 nitrogen and oxygen atoms in total. The first-order valence-corrected chi connectivity index (χ1v) is 35.3. The number of rotatable bonds is 25. The van der Waals surface area contributed by atoms with E-state index in [0.29, 0.717) is 24.1 Å². The summed E-state index contributed by atoms with van der Waals surface area (Å²) in [4.78, 5) is 142. The van der Waals surface area contributed by atoms with E-state index in [9.17, 15) is 66.6 Å². The molecule has 94 heavy (non-hydrogen) atoms. The predicted molar refractivity (Wildman–Crippen MR) is 353 cm³/mol. The average molecular weight is 1360 g/mol. The lowest BCUT2D eigenvalue weighted by atomic mass is 9.85. The zero-order chi connectivity index (χ0) is 68.5. The summed E-state index contributed by atoms with van der Waals surface area (Å²) in [5, 5.41) is 22.4. The van der Waals surface area contributed by atoms with Crippen molar-refractivity contribution < 1.29 is 71.3 Å². The van der Waals surface area contributed by atoms with E-state index in [1.54, 1.807) is 42.5 Å². The molecule has 3 aliphatic rings. The number of nitrogens with zero attached hydrogens (tertiary/aromatic N) is 5. The third kappa shape index (κ3) is 18.3. The van der Waals surface area contributed by atoms with E-state index >= 15 is 0 Å². The number of aliphatic hydroxyl groups excluding tert-OH is 1. The number of aliphatic hydroxyl groups is 1. The number of carbonyl (C=O) groups excluding carboxylic acids is 8. The van der Waals surface area contributed by atoms with E-state index in [0.717, 1.165) is 82.8 Å². The second-order valence-electron chi connectivity index (χ2n) is 26.8. The highest BCUT2D eigenvalue weighted by molar-refractivity contribution is 7.52. The van der Waals surface area contributed by atoms with Gasteiger partial charge < -0.3 is 60.5 Å². The van der Waals surface area contributed by atoms with Gasteiger partial charge in [-0.25, -0.2) is 4.98 Å². The maximum Gasteiger partial charge on any atom is 0.399 e. The van der Waals surface area contributed by atoms with Crippen molar-refractivity contribution in [2.24, 2.45) is 10.8 Å². The molecule has 0 saturated carbocycles. The van der Waals surface area contributed by atoms with E-state index < -0.39 is 108 Å². The minimum absolute atomic E-state index is 0.0269. The standard InChI is InChI=1S/C67H88F2N9O13PS2/c1-41(43-22-24-45(25-23-43)57-42(2)71-40-93-57)72-60(83)49-35-48(79)37-78(49)64(87)58(65(3,4)5)73-54(80)21-17-12-10-9-11-13-18-28-70-55(81)36-56(82)75-29-30-77(50(38-75)62(85)76-31-32-91-51(39-76)44-19-15-14-16-20-44)63(86)59(66(6,7)8)74-61(84)53-34-46-33-47(26-27-52(46)94-53)67(68,69)92(88,89)90/h14-16,19-20,22-27,33-34,40-41,48-51,58-59,79H,9-13,17-18,21,28-32,35-39H2,1-8H3,(H,70,81)(H,72,83)(H,73,80)(H,74,84)(H2,88,89,90)/t41-,48+,49-,50?,51?,58?,59?/m0/s1. The normalized spacial score (nSPS) is 19.1. The van der Waals surface area contributed by atoms with Gasteiger partial charge in [-0.3, -0.25) is 42.9 Å². The zero-order valence-corrected chi connectivity index (χ0v) is 57.1. The Kier molecular flexibility index (Phi) is 24.2. The Labute approximate surface area is 555 Å². The van der Waals surface area contributed by atoms with Crippen molar-refractivity contribution in [3.8, 4) is 10.4 Å². The van der Waals surface area contributed by atoms with Crippen LogP contribution in [0, 0.1) is 17.8 Å². The average Bonchev–Trinajstić information content (AvgIpc) is 1.31. The fourth-order valence-electron chi connectivity index (χ4n) is 12.0. The smallest absolute Gasteiger partial charge is 0.391 e. The SMILES string of the molecule is Cc1ncsc1-c1ccc([C@H](C)NC(=O)[C@@H]2C[C@@H](O)CN2C(=O)C(NC(=O)CCCCCCCCCNC(=O)CC(=O)N2CCN(C(=O)C(NC(=O)c3cc4cc(C(F)(F)P(=O)(O)O)ccc4s3)C(C)(C)C)C(C(=O)N3CCOC(c4ccccc4)C3)C2)C(C)(C)C)cc1. The molecule has 5 aromatic rings. The van der Waals surface area contributed by atoms with Gasteiger partial charge in [-0.1, -0.05) is 134 Å². The van der Waals surface area contributed by atoms with Crippen molar-refractivity contribution in [1.29, 1.82) is 0 Å². The van der Waals surface area contributed by atoms with Gasteiger partial charge in [0, 0.05) is 55.8 Å². The number of unbranched alkanes of at least 4 members (excludes halogenated alkanes) is 6. The minimum Gasteiger partial charge on any atom is -0.391 e. The quantitative estimate of drug-likeness (QED) is 0.0164. The number of fused-ring (bicyclic) bond motifs is 1.